The van der Waals surface area contributed by atoms with E-state index in [1.165, 1.54) is 0 Å². The lowest BCUT2D eigenvalue weighted by Crippen LogP contribution is -1.84. The molecule has 0 fully saturated rings. The lowest BCUT2D eigenvalue weighted by atomic mass is 10.4. The van der Waals surface area contributed by atoms with Crippen molar-refractivity contribution in [2.45, 2.75) is 0 Å². The molecule has 1 N–H and O–H groups in total. The smallest absolute Gasteiger partial charge is 0.137 e. The van der Waals surface area contributed by atoms with Crippen molar-refractivity contribution in [1.29, 1.82) is 5.26 Å². The zero-order valence-electron chi connectivity index (χ0n) is 4.88. The summed E-state index contributed by atoms with van der Waals surface area (Å²) >= 11 is 4.77. The van der Waals surface area contributed by atoms with E-state index < -0.39 is 0 Å². The third-order valence-electron chi connectivity index (χ3n) is 0.966. The van der Waals surface area contributed by atoms with Crippen LogP contribution in [0.2, 0.25) is 0 Å². The topological polar surface area (TPSA) is 44.5 Å². The van der Waals surface area contributed by atoms with Crippen LogP contribution >= 0.6 is 12.2 Å². The average molecular weight is 139 g/mol. The lowest BCUT2D eigenvalue weighted by Gasteiger charge is -1.81. The van der Waals surface area contributed by atoms with E-state index in [0.717, 1.165) is 0 Å². The highest BCUT2D eigenvalue weighted by Gasteiger charge is 1.93. The number of hydrogen-bond acceptors (Lipinski definition) is 2. The summed E-state index contributed by atoms with van der Waals surface area (Å²) in [5.41, 5.74) is 0.521. The van der Waals surface area contributed by atoms with Crippen molar-refractivity contribution in [2.24, 2.45) is 7.05 Å². The molecule has 4 heteroatoms. The molecule has 0 atom stereocenters. The van der Waals surface area contributed by atoms with Crippen LogP contribution in [0.4, 0.5) is 0 Å². The van der Waals surface area contributed by atoms with Gasteiger partial charge in [-0.25, -0.2) is 0 Å². The van der Waals surface area contributed by atoms with E-state index >= 15 is 0 Å². The third kappa shape index (κ3) is 1.00. The molecule has 46 valence electrons. The van der Waals surface area contributed by atoms with Crippen LogP contribution in [-0.2, 0) is 7.05 Å². The van der Waals surface area contributed by atoms with Crippen molar-refractivity contribution in [2.75, 3.05) is 0 Å². The first kappa shape index (κ1) is 6.05. The first-order valence-electron chi connectivity index (χ1n) is 2.40. The van der Waals surface area contributed by atoms with Gasteiger partial charge in [-0.3, -0.25) is 9.78 Å². The standard InChI is InChI=1S/C5H5N3S/c1-8-3-4(2-6)5(9)7-8/h3H,1H3,(H,7,9). The third-order valence-corrected chi connectivity index (χ3v) is 1.28. The van der Waals surface area contributed by atoms with Crippen LogP contribution in [-0.4, -0.2) is 9.78 Å². The van der Waals surface area contributed by atoms with Gasteiger partial charge in [0.15, 0.2) is 0 Å². The van der Waals surface area contributed by atoms with E-state index in [0.29, 0.717) is 10.2 Å². The Kier molecular flexibility index (Phi) is 1.37. The molecule has 0 aliphatic carbocycles. The molecule has 1 aromatic heterocycles. The molecule has 0 saturated carbocycles. The molecule has 0 spiro atoms. The first-order chi connectivity index (χ1) is 4.24. The van der Waals surface area contributed by atoms with Crippen molar-refractivity contribution in [3.8, 4) is 6.07 Å². The van der Waals surface area contributed by atoms with Gasteiger partial charge in [0.05, 0.1) is 0 Å². The molecule has 0 radical (unpaired) electrons. The van der Waals surface area contributed by atoms with Crippen LogP contribution in [0.5, 0.6) is 0 Å². The van der Waals surface area contributed by atoms with Gasteiger partial charge < -0.3 is 0 Å². The Hall–Kier alpha value is -1.08. The van der Waals surface area contributed by atoms with Gasteiger partial charge in [-0.1, -0.05) is 12.2 Å². The van der Waals surface area contributed by atoms with Crippen LogP contribution in [0.25, 0.3) is 0 Å². The molecule has 1 rings (SSSR count). The molecule has 3 nitrogen and oxygen atoms in total. The fourth-order valence-electron chi connectivity index (χ4n) is 0.585. The molecule has 9 heavy (non-hydrogen) atoms. The van der Waals surface area contributed by atoms with Crippen LogP contribution < -0.4 is 0 Å². The van der Waals surface area contributed by atoms with Crippen molar-refractivity contribution in [3.05, 3.63) is 16.4 Å². The van der Waals surface area contributed by atoms with Crippen LogP contribution in [0.3, 0.4) is 0 Å². The maximum atomic E-state index is 8.38. The van der Waals surface area contributed by atoms with E-state index in [-0.39, 0.29) is 0 Å². The highest BCUT2D eigenvalue weighted by molar-refractivity contribution is 7.71. The lowest BCUT2D eigenvalue weighted by molar-refractivity contribution is 0.763. The summed E-state index contributed by atoms with van der Waals surface area (Å²) in [5, 5.41) is 11.1. The predicted molar refractivity (Wildman–Crippen MR) is 35.3 cm³/mol. The van der Waals surface area contributed by atoms with Crippen molar-refractivity contribution >= 4 is 12.2 Å². The minimum atomic E-state index is 0.500. The monoisotopic (exact) mass is 139 g/mol. The molecule has 0 unspecified atom stereocenters. The molecular weight excluding hydrogens is 134 g/mol. The SMILES string of the molecule is Cn1cc(C#N)c(=S)[nH]1. The second-order valence-corrected chi connectivity index (χ2v) is 2.11. The second kappa shape index (κ2) is 2.03. The van der Waals surface area contributed by atoms with Gasteiger partial charge in [-0.15, -0.1) is 0 Å². The fraction of sp³-hybridized carbons (Fsp3) is 0.200. The molecular formula is C5H5N3S. The molecule has 0 aliphatic heterocycles. The Morgan fingerprint density at radius 3 is 2.78 bits per heavy atom. The van der Waals surface area contributed by atoms with Crippen molar-refractivity contribution < 1.29 is 0 Å². The Bertz CT molecular complexity index is 301. The fourth-order valence-corrected chi connectivity index (χ4v) is 0.827. The molecule has 1 aromatic rings. The average Bonchev–Trinajstić information content (AvgIpc) is 2.10. The predicted octanol–water partition coefficient (Wildman–Crippen LogP) is 0.954. The zero-order chi connectivity index (χ0) is 6.85. The number of nitrogens with zero attached hydrogens (tertiary/aromatic N) is 2. The van der Waals surface area contributed by atoms with E-state index in [9.17, 15) is 0 Å². The number of aromatic amines is 1. The van der Waals surface area contributed by atoms with Gasteiger partial charge in [0, 0.05) is 13.2 Å². The highest BCUT2D eigenvalue weighted by Crippen LogP contribution is 1.95. The summed E-state index contributed by atoms with van der Waals surface area (Å²) < 4.78 is 2.15. The molecule has 0 bridgehead atoms. The molecule has 0 saturated heterocycles. The van der Waals surface area contributed by atoms with Crippen LogP contribution in [0, 0.1) is 16.0 Å². The minimum absolute atomic E-state index is 0.500. The maximum absolute atomic E-state index is 8.38. The summed E-state index contributed by atoms with van der Waals surface area (Å²) in [6, 6.07) is 1.96. The number of aryl methyl sites for hydroxylation is 1. The van der Waals surface area contributed by atoms with Gasteiger partial charge in [-0.05, 0) is 0 Å². The van der Waals surface area contributed by atoms with Crippen LogP contribution in [0.1, 0.15) is 5.56 Å². The number of rotatable bonds is 0. The molecule has 0 amide bonds. The van der Waals surface area contributed by atoms with Crippen molar-refractivity contribution in [3.63, 3.8) is 0 Å². The van der Waals surface area contributed by atoms with Gasteiger partial charge >= 0.3 is 0 Å². The van der Waals surface area contributed by atoms with Gasteiger partial charge in [0.2, 0.25) is 0 Å². The van der Waals surface area contributed by atoms with E-state index in [4.69, 9.17) is 17.5 Å². The summed E-state index contributed by atoms with van der Waals surface area (Å²) in [4.78, 5) is 0. The number of hydrogen-bond donors (Lipinski definition) is 1. The number of nitrogens with one attached hydrogen (secondary N) is 1. The maximum Gasteiger partial charge on any atom is 0.137 e. The number of aromatic nitrogens is 2. The summed E-state index contributed by atoms with van der Waals surface area (Å²) in [6.07, 6.45) is 1.66. The Balaban J connectivity index is 3.37. The Labute approximate surface area is 57.5 Å². The highest BCUT2D eigenvalue weighted by atomic mass is 32.1. The van der Waals surface area contributed by atoms with Gasteiger partial charge in [-0.2, -0.15) is 5.26 Å². The second-order valence-electron chi connectivity index (χ2n) is 1.71. The molecule has 1 heterocycles. The van der Waals surface area contributed by atoms with E-state index in [1.807, 2.05) is 6.07 Å². The summed E-state index contributed by atoms with van der Waals surface area (Å²) in [5.74, 6) is 0. The Morgan fingerprint density at radius 1 is 1.89 bits per heavy atom. The minimum Gasteiger partial charge on any atom is -0.296 e. The largest absolute Gasteiger partial charge is 0.296 e. The summed E-state index contributed by atoms with van der Waals surface area (Å²) in [6.45, 7) is 0. The molecule has 0 aromatic carbocycles. The summed E-state index contributed by atoms with van der Waals surface area (Å²) in [7, 11) is 1.79. The van der Waals surface area contributed by atoms with Crippen molar-refractivity contribution in [1.82, 2.24) is 9.78 Å². The van der Waals surface area contributed by atoms with Gasteiger partial charge in [0.1, 0.15) is 16.3 Å². The Morgan fingerprint density at radius 2 is 2.56 bits per heavy atom. The van der Waals surface area contributed by atoms with E-state index in [1.54, 1.807) is 17.9 Å². The van der Waals surface area contributed by atoms with Gasteiger partial charge in [0.25, 0.3) is 0 Å². The number of nitriles is 1. The number of H-pyrrole nitrogens is 1. The van der Waals surface area contributed by atoms with E-state index in [2.05, 4.69) is 5.10 Å². The first-order valence-corrected chi connectivity index (χ1v) is 2.80. The quantitative estimate of drug-likeness (QED) is 0.544. The van der Waals surface area contributed by atoms with Crippen LogP contribution in [0.15, 0.2) is 6.20 Å². The normalized spacial score (nSPS) is 8.89. The zero-order valence-corrected chi connectivity index (χ0v) is 5.70. The molecule has 0 aliphatic rings.